The molecule has 1 N–H and O–H groups in total. The Hall–Kier alpha value is -1.44. The molecule has 1 aliphatic carbocycles. The van der Waals surface area contributed by atoms with Gasteiger partial charge in [-0.3, -0.25) is 0 Å². The van der Waals surface area contributed by atoms with Gasteiger partial charge in [-0.1, -0.05) is 37.9 Å². The van der Waals surface area contributed by atoms with E-state index in [1.165, 1.54) is 0 Å². The Bertz CT molecular complexity index is 692. The summed E-state index contributed by atoms with van der Waals surface area (Å²) in [4.78, 5) is 7.57. The third kappa shape index (κ3) is 3.85. The van der Waals surface area contributed by atoms with Crippen LogP contribution in [0.5, 0.6) is 0 Å². The Labute approximate surface area is 133 Å². The molecule has 1 heterocycles. The van der Waals surface area contributed by atoms with Gasteiger partial charge in [0, 0.05) is 27.1 Å². The van der Waals surface area contributed by atoms with Crippen molar-refractivity contribution < 1.29 is 13.2 Å². The van der Waals surface area contributed by atoms with Crippen LogP contribution in [0.15, 0.2) is 36.7 Å². The van der Waals surface area contributed by atoms with E-state index in [0.29, 0.717) is 12.4 Å². The quantitative estimate of drug-likeness (QED) is 0.490. The molecule has 1 unspecified atom stereocenters. The van der Waals surface area contributed by atoms with Crippen molar-refractivity contribution in [2.45, 2.75) is 31.1 Å². The lowest BCUT2D eigenvalue weighted by atomic mass is 9.81. The first-order valence-corrected chi connectivity index (χ1v) is 12.0. The highest BCUT2D eigenvalue weighted by molar-refractivity contribution is 7.73. The second kappa shape index (κ2) is 6.76. The predicted octanol–water partition coefficient (Wildman–Crippen LogP) is 2.18. The van der Waals surface area contributed by atoms with Crippen LogP contribution in [0, 0.1) is 0 Å². The lowest BCUT2D eigenvalue weighted by Crippen LogP contribution is -2.41. The lowest BCUT2D eigenvalue weighted by molar-refractivity contribution is 0.126. The van der Waals surface area contributed by atoms with Crippen LogP contribution in [0.25, 0.3) is 0 Å². The van der Waals surface area contributed by atoms with E-state index in [0.717, 1.165) is 6.04 Å². The fourth-order valence-corrected chi connectivity index (χ4v) is 3.77. The third-order valence-electron chi connectivity index (χ3n) is 3.61. The Kier molecular flexibility index (Phi) is 5.20. The fourth-order valence-electron chi connectivity index (χ4n) is 2.30. The topological polar surface area (TPSA) is 72.0 Å². The van der Waals surface area contributed by atoms with E-state index in [9.17, 15) is 8.42 Å². The summed E-state index contributed by atoms with van der Waals surface area (Å²) < 4.78 is 29.1. The van der Waals surface area contributed by atoms with Crippen LogP contribution >= 0.6 is 0 Å². The summed E-state index contributed by atoms with van der Waals surface area (Å²) >= 11 is 0. The number of aromatic nitrogens is 2. The molecule has 0 fully saturated rings. The zero-order chi connectivity index (χ0) is 16.2. The van der Waals surface area contributed by atoms with Gasteiger partial charge < -0.3 is 9.72 Å². The number of hydrogen-bond donors (Lipinski definition) is 1. The Morgan fingerprint density at radius 2 is 2.09 bits per heavy atom. The van der Waals surface area contributed by atoms with Crippen LogP contribution in [0.3, 0.4) is 0 Å². The highest BCUT2D eigenvalue weighted by Crippen LogP contribution is 2.29. The van der Waals surface area contributed by atoms with E-state index < -0.39 is 23.8 Å². The molecule has 0 saturated carbocycles. The minimum absolute atomic E-state index is 0.259. The van der Waals surface area contributed by atoms with Crippen molar-refractivity contribution in [3.05, 3.63) is 42.5 Å². The summed E-state index contributed by atoms with van der Waals surface area (Å²) in [5.41, 5.74) is -0.871. The average molecular weight is 339 g/mol. The van der Waals surface area contributed by atoms with Crippen molar-refractivity contribution in [1.82, 2.24) is 9.97 Å². The summed E-state index contributed by atoms with van der Waals surface area (Å²) in [6.07, 6.45) is 10.3. The van der Waals surface area contributed by atoms with E-state index in [1.54, 1.807) is 24.5 Å². The van der Waals surface area contributed by atoms with E-state index >= 15 is 0 Å². The number of nitrogens with one attached hydrogen (secondary N) is 1. The highest BCUT2D eigenvalue weighted by Gasteiger charge is 2.39. The van der Waals surface area contributed by atoms with Gasteiger partial charge in [0.15, 0.2) is 0 Å². The molecular formula is C15H22N2O3SSi. The molecule has 0 radical (unpaired) electrons. The Morgan fingerprint density at radius 1 is 1.32 bits per heavy atom. The first-order chi connectivity index (χ1) is 10.4. The Morgan fingerprint density at radius 3 is 2.68 bits per heavy atom. The largest absolute Gasteiger partial charge is 0.380 e. The maximum Gasteiger partial charge on any atom is 0.218 e. The Balaban J connectivity index is 2.27. The number of H-pyrrole nitrogens is 1. The highest BCUT2D eigenvalue weighted by atomic mass is 32.2. The molecule has 2 rings (SSSR count). The van der Waals surface area contributed by atoms with E-state index in [4.69, 9.17) is 4.74 Å². The number of aromatic amines is 1. The summed E-state index contributed by atoms with van der Waals surface area (Å²) in [6.45, 7) is 7.74. The van der Waals surface area contributed by atoms with E-state index in [1.807, 2.05) is 12.2 Å². The molecule has 1 aromatic heterocycles. The zero-order valence-corrected chi connectivity index (χ0v) is 15.0. The summed E-state index contributed by atoms with van der Waals surface area (Å²) in [5.74, 6) is 0.584. The van der Waals surface area contributed by atoms with Gasteiger partial charge in [-0.15, -0.1) is 0 Å². The van der Waals surface area contributed by atoms with Gasteiger partial charge in [-0.05, 0) is 12.1 Å². The van der Waals surface area contributed by atoms with Gasteiger partial charge >= 0.3 is 0 Å². The van der Waals surface area contributed by atoms with Gasteiger partial charge in [-0.2, -0.15) is 8.42 Å². The molecule has 0 amide bonds. The smallest absolute Gasteiger partial charge is 0.218 e. The first-order valence-electron chi connectivity index (χ1n) is 7.25. The van der Waals surface area contributed by atoms with Gasteiger partial charge in [0.1, 0.15) is 11.2 Å². The predicted molar refractivity (Wildman–Crippen MR) is 91.4 cm³/mol. The zero-order valence-electron chi connectivity index (χ0n) is 13.2. The maximum absolute atomic E-state index is 11.6. The molecule has 0 aliphatic heterocycles. The molecule has 120 valence electrons. The average Bonchev–Trinajstić information content (AvgIpc) is 2.97. The fraction of sp³-hybridized carbons (Fsp3) is 0.467. The number of imidazole rings is 1. The van der Waals surface area contributed by atoms with Gasteiger partial charge in [-0.25, -0.2) is 4.98 Å². The molecule has 0 spiro atoms. The summed E-state index contributed by atoms with van der Waals surface area (Å²) in [7, 11) is -3.51. The minimum atomic E-state index is -2.33. The number of nitrogens with zero attached hydrogens (tertiary/aromatic N) is 1. The summed E-state index contributed by atoms with van der Waals surface area (Å²) in [6, 6.07) is 1.04. The first kappa shape index (κ1) is 16.9. The number of rotatable bonds is 6. The molecule has 0 saturated heterocycles. The monoisotopic (exact) mass is 338 g/mol. The maximum atomic E-state index is 11.6. The van der Waals surface area contributed by atoms with Crippen molar-refractivity contribution in [3.63, 3.8) is 0 Å². The molecule has 7 heteroatoms. The molecule has 22 heavy (non-hydrogen) atoms. The van der Waals surface area contributed by atoms with Crippen LogP contribution in [-0.4, -0.2) is 44.5 Å². The van der Waals surface area contributed by atoms with Crippen molar-refractivity contribution in [3.8, 4) is 0 Å². The minimum Gasteiger partial charge on any atom is -0.380 e. The van der Waals surface area contributed by atoms with E-state index in [-0.39, 0.29) is 11.5 Å². The van der Waals surface area contributed by atoms with Crippen LogP contribution in [-0.2, 0) is 20.4 Å². The standard InChI is InChI=1S/C15H22N2O3SSi/c1-22(2,3)11-10-20-12-15(14-16-8-9-17-14)7-5-4-6-13(15)21(18)19/h4-9H,10-12H2,1-3H3,(H,16,17). The van der Waals surface area contributed by atoms with Gasteiger partial charge in [0.05, 0.1) is 11.5 Å². The molecular weight excluding hydrogens is 316 g/mol. The van der Waals surface area contributed by atoms with E-state index in [2.05, 4.69) is 29.6 Å². The van der Waals surface area contributed by atoms with Gasteiger partial charge in [0.25, 0.3) is 0 Å². The number of hydrogen-bond acceptors (Lipinski definition) is 4. The van der Waals surface area contributed by atoms with Crippen LogP contribution in [0.4, 0.5) is 0 Å². The van der Waals surface area contributed by atoms with Crippen molar-refractivity contribution >= 4 is 23.2 Å². The van der Waals surface area contributed by atoms with Crippen molar-refractivity contribution in [2.24, 2.45) is 0 Å². The molecule has 1 atom stereocenters. The normalized spacial score (nSPS) is 21.3. The number of allylic oxidation sites excluding steroid dienone is 3. The molecule has 5 nitrogen and oxygen atoms in total. The lowest BCUT2D eigenvalue weighted by Gasteiger charge is -2.29. The SMILES string of the molecule is C[Si](C)(C)CCOCC1(c2ncc[nH]2)C=CC=CC1=S(=O)=O. The third-order valence-corrected chi connectivity index (χ3v) is 6.17. The van der Waals surface area contributed by atoms with Crippen LogP contribution < -0.4 is 0 Å². The second-order valence-electron chi connectivity index (χ2n) is 6.59. The van der Waals surface area contributed by atoms with Crippen LogP contribution in [0.2, 0.25) is 25.7 Å². The molecule has 1 aliphatic rings. The number of ether oxygens (including phenoxy) is 1. The molecule has 0 aromatic carbocycles. The summed E-state index contributed by atoms with van der Waals surface area (Å²) in [5, 5.41) is 0. The molecule has 1 aromatic rings. The van der Waals surface area contributed by atoms with Crippen molar-refractivity contribution in [1.29, 1.82) is 0 Å². The molecule has 0 bridgehead atoms. The van der Waals surface area contributed by atoms with Crippen molar-refractivity contribution in [2.75, 3.05) is 13.2 Å². The second-order valence-corrected chi connectivity index (χ2v) is 13.1. The van der Waals surface area contributed by atoms with Crippen LogP contribution in [0.1, 0.15) is 5.82 Å². The van der Waals surface area contributed by atoms with Gasteiger partial charge in [0.2, 0.25) is 10.3 Å².